The van der Waals surface area contributed by atoms with Gasteiger partial charge in [-0.3, -0.25) is 0 Å². The normalized spacial score (nSPS) is 21.7. The van der Waals surface area contributed by atoms with E-state index in [1.165, 1.54) is 168 Å². The number of anilines is 4. The Balaban J connectivity index is 0.000000148. The Morgan fingerprint density at radius 3 is 1.25 bits per heavy atom. The predicted molar refractivity (Wildman–Crippen MR) is 832 cm³/mol. The number of aryl methyl sites for hydroxylation is 6. The van der Waals surface area contributed by atoms with Gasteiger partial charge in [0.05, 0.1) is 27.6 Å². The van der Waals surface area contributed by atoms with E-state index in [-0.39, 0.29) is 43.9 Å². The summed E-state index contributed by atoms with van der Waals surface area (Å²) in [5, 5.41) is 5.36. The number of aromatic nitrogens is 2. The van der Waals surface area contributed by atoms with Crippen molar-refractivity contribution < 1.29 is 13.3 Å². The van der Waals surface area contributed by atoms with Gasteiger partial charge in [-0.1, -0.05) is 137 Å². The van der Waals surface area contributed by atoms with Gasteiger partial charge in [0, 0.05) is 72.0 Å². The Hall–Kier alpha value is 20.0. The van der Waals surface area contributed by atoms with Crippen LogP contribution in [-0.4, -0.2) is 26.9 Å². The van der Waals surface area contributed by atoms with Crippen LogP contribution in [0, 0.1) is 41.5 Å². The van der Waals surface area contributed by atoms with Gasteiger partial charge >= 0.3 is 501 Å². The molecule has 4 nitrogen and oxygen atoms in total. The maximum atomic E-state index is 3.33. The molecule has 0 amide bonds. The van der Waals surface area contributed by atoms with Crippen molar-refractivity contribution in [1.82, 2.24) is 9.13 Å². The first kappa shape index (κ1) is 110. The monoisotopic (exact) mass is 5690 g/mol. The third kappa shape index (κ3) is 22.2. The van der Waals surface area contributed by atoms with Gasteiger partial charge in [-0.2, -0.15) is 0 Å². The number of rotatable bonds is 19. The number of fused-ring (bicyclic) bond motifs is 16. The maximum absolute atomic E-state index is 3.33. The fourth-order valence-corrected chi connectivity index (χ4v) is 6510. The molecule has 2 saturated carbocycles. The summed E-state index contributed by atoms with van der Waals surface area (Å²) in [6.07, 6.45) is 10.2. The summed E-state index contributed by atoms with van der Waals surface area (Å²) in [5.41, 5.74) is 30.2. The van der Waals surface area contributed by atoms with Crippen molar-refractivity contribution in [3.63, 3.8) is 0 Å². The Morgan fingerprint density at radius 2 is 0.743 bits per heavy atom. The summed E-state index contributed by atoms with van der Waals surface area (Å²) in [5.74, 6) is 0. The van der Waals surface area contributed by atoms with Crippen LogP contribution in [0.15, 0.2) is 140 Å². The molecule has 0 saturated heterocycles. The molecule has 4 atom stereocenters. The second-order valence-electron chi connectivity index (χ2n) is 27.9. The van der Waals surface area contributed by atoms with Gasteiger partial charge < -0.3 is 18.9 Å². The van der Waals surface area contributed by atoms with Crippen LogP contribution in [0.2, 0.25) is 0 Å². The van der Waals surface area contributed by atoms with Crippen molar-refractivity contribution in [3.8, 4) is 11.4 Å². The fourth-order valence-electron chi connectivity index (χ4n) is 18.0. The Bertz CT molecular complexity index is 5200. The van der Waals surface area contributed by atoms with E-state index in [0.29, 0.717) is 13.3 Å². The predicted octanol–water partition coefficient (Wildman–Crippen LogP) is 45.6. The molecule has 16 rings (SSSR count). The average molecular weight is 5690 g/mol. The molecule has 6 aliphatic rings. The second-order valence-corrected chi connectivity index (χ2v) is 873. The van der Waals surface area contributed by atoms with E-state index in [2.05, 4.69) is 581 Å². The van der Waals surface area contributed by atoms with E-state index in [1.54, 1.807) is 22.3 Å². The zero-order valence-electron chi connectivity index (χ0n) is 59.8. The second kappa shape index (κ2) is 48.1. The van der Waals surface area contributed by atoms with E-state index < -0.39 is 126 Å². The molecule has 2 aromatic heterocycles. The van der Waals surface area contributed by atoms with Gasteiger partial charge in [0.15, 0.2) is 0 Å². The van der Waals surface area contributed by atoms with Crippen molar-refractivity contribution in [3.05, 3.63) is 184 Å². The van der Waals surface area contributed by atoms with E-state index in [4.69, 9.17) is 0 Å². The van der Waals surface area contributed by atoms with Crippen molar-refractivity contribution in [2.45, 2.75) is 150 Å². The summed E-state index contributed by atoms with van der Waals surface area (Å²) < 4.78 is 5.05. The van der Waals surface area contributed by atoms with Gasteiger partial charge in [0.1, 0.15) is 0 Å². The van der Waals surface area contributed by atoms with Gasteiger partial charge in [-0.15, -0.1) is 0 Å². The Labute approximate surface area is 921 Å². The van der Waals surface area contributed by atoms with Crippen molar-refractivity contribution in [2.75, 3.05) is 9.80 Å². The Morgan fingerprint density at radius 1 is 0.354 bits per heavy atom. The molecule has 6 heterocycles. The molecule has 2 fully saturated rings. The van der Waals surface area contributed by atoms with E-state index >= 15 is 0 Å². The van der Waals surface area contributed by atoms with E-state index in [0.717, 1.165) is 0 Å². The van der Waals surface area contributed by atoms with Gasteiger partial charge in [0.2, 0.25) is 0 Å². The Kier molecular flexibility index (Phi) is 47.0. The molecule has 4 aliphatic heterocycles. The number of halogens is 37. The summed E-state index contributed by atoms with van der Waals surface area (Å²) >= 11 is 61.5. The third-order valence-electron chi connectivity index (χ3n) is 22.2. The summed E-state index contributed by atoms with van der Waals surface area (Å²) in [4.78, 5) is 5.59. The molecule has 640 valence electrons. The minimum absolute atomic E-state index is 0. The standard InChI is InChI=1S/C35H33BN2.C35H36N2.CH4.I37/c1-20-17-27-31-28(18-20)38-33-29(34(4)15-8-9-16-35(34,38)5)21(2)19-22(3)30(33)36(31)25-13-10-12-24-23-11-6-7-14-26(23)37(27)32(24)25;1-23-18-25(3)33-32(21-23)37(35(5)17-11-10-16-34(33,35)4)27-20-24(2)19-26(22-27)36-30-14-8-6-12-28(30)29-13-7-9-15-31(29)36;;1-20-22(4)24(6)26(8)28(10)30(12)32(14)34(16)36(18)37(19)35(17)33(15)31(13)29(11)27(9)25(7)23(5)21(2)3/h6-7,10-14,17-19H,8-9,15-16H2,1-5H3;6-9,12-15,18-22H,10-11,16-17H2,1-5H3;1H4;/q;;;-1. The molecule has 4 unspecified atom stereocenters. The first-order chi connectivity index (χ1) is 53.0. The van der Waals surface area contributed by atoms with Crippen LogP contribution in [-0.2, 0) is 10.8 Å². The number of benzene rings is 8. The third-order valence-corrected chi connectivity index (χ3v) is 2750. The van der Waals surface area contributed by atoms with Crippen LogP contribution < -0.4 is 39.4 Å². The van der Waals surface area contributed by atoms with Crippen molar-refractivity contribution >= 4 is 577 Å². The zero-order valence-corrected chi connectivity index (χ0v) is 140. The number of hydrogen-bond donors (Lipinski definition) is 0. The van der Waals surface area contributed by atoms with Crippen LogP contribution in [0.1, 0.15) is 131 Å². The van der Waals surface area contributed by atoms with Crippen LogP contribution >= 0.6 is 488 Å². The number of hydrogen-bond acceptors (Lipinski definition) is 2. The van der Waals surface area contributed by atoms with Crippen LogP contribution in [0.5, 0.6) is 0 Å². The van der Waals surface area contributed by atoms with E-state index in [1.807, 2.05) is 0 Å². The number of para-hydroxylation sites is 4. The zero-order chi connectivity index (χ0) is 80.8. The average Bonchev–Trinajstić information content (AvgIpc) is 1.50. The van der Waals surface area contributed by atoms with Crippen molar-refractivity contribution in [2.24, 2.45) is 0 Å². The molecule has 0 spiro atoms. The molecule has 2 aliphatic carbocycles. The first-order valence-corrected chi connectivity index (χ1v) is 260. The molecule has 8 aromatic carbocycles. The summed E-state index contributed by atoms with van der Waals surface area (Å²) in [6.45, 7) is 24.4. The molecule has 0 radical (unpaired) electrons. The van der Waals surface area contributed by atoms with Crippen LogP contribution in [0.4, 0.5) is 22.7 Å². The van der Waals surface area contributed by atoms with Gasteiger partial charge in [0.25, 0.3) is 6.71 Å². The summed E-state index contributed by atoms with van der Waals surface area (Å²) in [7, 11) is -8.19. The van der Waals surface area contributed by atoms with Gasteiger partial charge in [-0.25, -0.2) is 0 Å². The SMILES string of the molecule is C.Cc1cc(N2c3cc(C)cc(C)c3C3(C)CCCCC23C)cc(-n2c3ccccc3c3ccccc32)c1.Cc1cc2c3c(c1)-n1c4ccccc4c4cccc(c41)B3c1c(C)cc(C)c3c1N2C1(C)CCCCC31C.I[I-]I(I)I(I)I(I)I(I)I(I)I(I)I(I)I(I)I(I)I(I)I(I)I(I)I(I)I(I)I(I)I(I)I(I)I. The molecule has 0 bridgehead atoms. The van der Waals surface area contributed by atoms with E-state index in [9.17, 15) is 0 Å². The molecular weight excluding hydrogens is 5620 g/mol. The topological polar surface area (TPSA) is 16.3 Å². The molecular formula is C71H73BI37N4-. The quantitative estimate of drug-likeness (QED) is 0.0593. The van der Waals surface area contributed by atoms with Crippen LogP contribution in [0.3, 0.4) is 0 Å². The fraction of sp³-hybridized carbons (Fsp3) is 0.324. The molecule has 42 heteroatoms. The molecule has 0 N–H and O–H groups in total. The minimum atomic E-state index is -0.523. The molecule has 10 aromatic rings. The van der Waals surface area contributed by atoms with Crippen LogP contribution in [0.25, 0.3) is 55.0 Å². The summed E-state index contributed by atoms with van der Waals surface area (Å²) in [6, 6.07) is 53.2. The van der Waals surface area contributed by atoms with Gasteiger partial charge in [-0.05, 0) is 191 Å². The molecule has 113 heavy (non-hydrogen) atoms. The first-order valence-electron chi connectivity index (χ1n) is 33.5. The number of nitrogens with zero attached hydrogens (tertiary/aromatic N) is 4. The van der Waals surface area contributed by atoms with Crippen molar-refractivity contribution in [1.29, 1.82) is 0 Å².